The van der Waals surface area contributed by atoms with Crippen molar-refractivity contribution >= 4 is 23.2 Å². The van der Waals surface area contributed by atoms with Gasteiger partial charge in [0.1, 0.15) is 24.7 Å². The highest BCUT2D eigenvalue weighted by Gasteiger charge is 2.14. The number of nitrogens with zero attached hydrogens (tertiary/aromatic N) is 2. The van der Waals surface area contributed by atoms with Gasteiger partial charge in [0.05, 0.1) is 26.4 Å². The molecule has 4 rings (SSSR count). The van der Waals surface area contributed by atoms with E-state index >= 15 is 0 Å². The molecule has 2 amide bonds. The van der Waals surface area contributed by atoms with Crippen LogP contribution in [0, 0.1) is 0 Å². The number of anilines is 2. The van der Waals surface area contributed by atoms with E-state index in [4.69, 9.17) is 18.9 Å². The van der Waals surface area contributed by atoms with Crippen molar-refractivity contribution < 1.29 is 28.5 Å². The molecule has 0 N–H and O–H groups in total. The van der Waals surface area contributed by atoms with E-state index in [1.54, 1.807) is 48.2 Å². The molecule has 0 fully saturated rings. The van der Waals surface area contributed by atoms with E-state index in [1.165, 1.54) is 0 Å². The lowest BCUT2D eigenvalue weighted by Gasteiger charge is -2.18. The summed E-state index contributed by atoms with van der Waals surface area (Å²) in [7, 11) is 3.50. The molecule has 0 saturated heterocycles. The third-order valence-electron chi connectivity index (χ3n) is 6.46. The summed E-state index contributed by atoms with van der Waals surface area (Å²) in [5, 5.41) is 0. The molecule has 4 aromatic carbocycles. The summed E-state index contributed by atoms with van der Waals surface area (Å²) in [6.07, 6.45) is 0. The van der Waals surface area contributed by atoms with Crippen LogP contribution in [-0.2, 0) is 9.47 Å². The molecule has 0 saturated carbocycles. The Balaban J connectivity index is 1.04. The van der Waals surface area contributed by atoms with Gasteiger partial charge in [0.2, 0.25) is 0 Å². The van der Waals surface area contributed by atoms with Crippen LogP contribution in [0.15, 0.2) is 109 Å². The highest BCUT2D eigenvalue weighted by molar-refractivity contribution is 6.06. The number of hydrogen-bond donors (Lipinski definition) is 0. The fourth-order valence-electron chi connectivity index (χ4n) is 4.07. The van der Waals surface area contributed by atoms with Crippen LogP contribution in [0.3, 0.4) is 0 Å². The Morgan fingerprint density at radius 1 is 0.476 bits per heavy atom. The third-order valence-corrected chi connectivity index (χ3v) is 6.46. The fraction of sp³-hybridized carbons (Fsp3) is 0.235. The number of ether oxygens (including phenoxy) is 4. The van der Waals surface area contributed by atoms with Gasteiger partial charge in [-0.15, -0.1) is 0 Å². The number of carbonyl (C=O) groups is 2. The van der Waals surface area contributed by atoms with E-state index in [-0.39, 0.29) is 11.8 Å². The van der Waals surface area contributed by atoms with Gasteiger partial charge in [0.15, 0.2) is 0 Å². The highest BCUT2D eigenvalue weighted by Crippen LogP contribution is 2.21. The van der Waals surface area contributed by atoms with Gasteiger partial charge in [0.25, 0.3) is 11.8 Å². The molecule has 42 heavy (non-hydrogen) atoms. The average Bonchev–Trinajstić information content (AvgIpc) is 3.05. The van der Waals surface area contributed by atoms with E-state index in [9.17, 15) is 9.59 Å². The van der Waals surface area contributed by atoms with Gasteiger partial charge in [-0.1, -0.05) is 36.4 Å². The summed E-state index contributed by atoms with van der Waals surface area (Å²) in [6.45, 7) is 2.58. The van der Waals surface area contributed by atoms with Crippen LogP contribution >= 0.6 is 0 Å². The molecule has 0 unspecified atom stereocenters. The molecule has 0 bridgehead atoms. The second-order valence-corrected chi connectivity index (χ2v) is 9.37. The molecule has 0 aliphatic rings. The number of benzene rings is 4. The zero-order chi connectivity index (χ0) is 29.6. The van der Waals surface area contributed by atoms with Gasteiger partial charge in [-0.05, 0) is 72.8 Å². The Labute approximate surface area is 247 Å². The minimum atomic E-state index is -0.0676. The summed E-state index contributed by atoms with van der Waals surface area (Å²) in [4.78, 5) is 28.4. The van der Waals surface area contributed by atoms with Gasteiger partial charge in [-0.25, -0.2) is 0 Å². The second-order valence-electron chi connectivity index (χ2n) is 9.37. The van der Waals surface area contributed by atoms with Crippen LogP contribution < -0.4 is 19.3 Å². The Bertz CT molecular complexity index is 1270. The Hall–Kier alpha value is -4.66. The predicted molar refractivity (Wildman–Crippen MR) is 164 cm³/mol. The first-order chi connectivity index (χ1) is 20.5. The third kappa shape index (κ3) is 8.92. The second kappa shape index (κ2) is 16.0. The van der Waals surface area contributed by atoms with Gasteiger partial charge in [-0.3, -0.25) is 9.59 Å². The maximum absolute atomic E-state index is 12.6. The molecule has 0 aliphatic heterocycles. The molecule has 0 radical (unpaired) electrons. The van der Waals surface area contributed by atoms with Crippen LogP contribution in [-0.4, -0.2) is 65.6 Å². The molecular weight excluding hydrogens is 532 g/mol. The molecule has 0 atom stereocenters. The lowest BCUT2D eigenvalue weighted by molar-refractivity contribution is 0.0273. The molecule has 0 aromatic heterocycles. The zero-order valence-electron chi connectivity index (χ0n) is 24.0. The lowest BCUT2D eigenvalue weighted by Crippen LogP contribution is -2.26. The van der Waals surface area contributed by atoms with Crippen molar-refractivity contribution in [2.45, 2.75) is 0 Å². The molecular formula is C34H36N2O6. The highest BCUT2D eigenvalue weighted by atomic mass is 16.6. The minimum absolute atomic E-state index is 0.0676. The Morgan fingerprint density at radius 2 is 0.810 bits per heavy atom. The van der Waals surface area contributed by atoms with Crippen LogP contribution in [0.5, 0.6) is 11.5 Å². The molecule has 0 heterocycles. The number of amides is 2. The molecule has 0 aliphatic carbocycles. The topological polar surface area (TPSA) is 77.5 Å². The van der Waals surface area contributed by atoms with Crippen LogP contribution in [0.4, 0.5) is 11.4 Å². The van der Waals surface area contributed by atoms with E-state index < -0.39 is 0 Å². The standard InChI is InChI=1S/C34H36N2O6/c1-35(33(37)27-9-5-3-6-10-27)29-13-17-31(18-14-29)41-25-23-39-21-22-40-24-26-42-32-19-15-30(16-20-32)36(2)34(38)28-11-7-4-8-12-28/h3-20H,21-26H2,1-2H3. The van der Waals surface area contributed by atoms with Crippen molar-refractivity contribution in [2.24, 2.45) is 0 Å². The van der Waals surface area contributed by atoms with E-state index in [0.29, 0.717) is 62.3 Å². The van der Waals surface area contributed by atoms with E-state index in [1.807, 2.05) is 84.9 Å². The van der Waals surface area contributed by atoms with Crippen molar-refractivity contribution in [3.63, 3.8) is 0 Å². The first-order valence-corrected chi connectivity index (χ1v) is 13.8. The first kappa shape index (κ1) is 30.3. The summed E-state index contributed by atoms with van der Waals surface area (Å²) >= 11 is 0. The van der Waals surface area contributed by atoms with Crippen molar-refractivity contribution in [2.75, 3.05) is 63.5 Å². The van der Waals surface area contributed by atoms with Crippen molar-refractivity contribution in [1.29, 1.82) is 0 Å². The minimum Gasteiger partial charge on any atom is -0.491 e. The van der Waals surface area contributed by atoms with E-state index in [0.717, 1.165) is 11.4 Å². The number of hydrogen-bond acceptors (Lipinski definition) is 6. The van der Waals surface area contributed by atoms with Gasteiger partial charge >= 0.3 is 0 Å². The van der Waals surface area contributed by atoms with Gasteiger partial charge in [-0.2, -0.15) is 0 Å². The number of carbonyl (C=O) groups excluding carboxylic acids is 2. The summed E-state index contributed by atoms with van der Waals surface area (Å²) in [5.74, 6) is 1.28. The quantitative estimate of drug-likeness (QED) is 0.171. The van der Waals surface area contributed by atoms with Crippen molar-refractivity contribution in [1.82, 2.24) is 0 Å². The summed E-state index contributed by atoms with van der Waals surface area (Å²) in [6, 6.07) is 33.1. The van der Waals surface area contributed by atoms with E-state index in [2.05, 4.69) is 0 Å². The SMILES string of the molecule is CN(C(=O)c1ccccc1)c1ccc(OCCOCCOCCOc2ccc(N(C)C(=O)c3ccccc3)cc2)cc1. The lowest BCUT2D eigenvalue weighted by atomic mass is 10.2. The predicted octanol–water partition coefficient (Wildman–Crippen LogP) is 5.73. The fourth-order valence-corrected chi connectivity index (χ4v) is 4.07. The zero-order valence-corrected chi connectivity index (χ0v) is 24.0. The number of rotatable bonds is 15. The summed E-state index contributed by atoms with van der Waals surface area (Å²) in [5.41, 5.74) is 2.85. The van der Waals surface area contributed by atoms with Crippen LogP contribution in [0.1, 0.15) is 20.7 Å². The average molecular weight is 569 g/mol. The molecule has 218 valence electrons. The molecule has 8 heteroatoms. The molecule has 8 nitrogen and oxygen atoms in total. The van der Waals surface area contributed by atoms with Crippen LogP contribution in [0.25, 0.3) is 0 Å². The summed E-state index contributed by atoms with van der Waals surface area (Å²) < 4.78 is 22.6. The maximum Gasteiger partial charge on any atom is 0.258 e. The van der Waals surface area contributed by atoms with Gasteiger partial charge < -0.3 is 28.7 Å². The first-order valence-electron chi connectivity index (χ1n) is 13.8. The van der Waals surface area contributed by atoms with Gasteiger partial charge in [0, 0.05) is 36.6 Å². The Kier molecular flexibility index (Phi) is 11.5. The molecule has 4 aromatic rings. The van der Waals surface area contributed by atoms with Crippen molar-refractivity contribution in [3.8, 4) is 11.5 Å². The molecule has 0 spiro atoms. The smallest absolute Gasteiger partial charge is 0.258 e. The maximum atomic E-state index is 12.6. The monoisotopic (exact) mass is 568 g/mol. The largest absolute Gasteiger partial charge is 0.491 e. The van der Waals surface area contributed by atoms with Crippen molar-refractivity contribution in [3.05, 3.63) is 120 Å². The Morgan fingerprint density at radius 3 is 1.17 bits per heavy atom. The normalized spacial score (nSPS) is 10.6. The van der Waals surface area contributed by atoms with Crippen LogP contribution in [0.2, 0.25) is 0 Å².